The first-order valence-electron chi connectivity index (χ1n) is 6.17. The maximum Gasteiger partial charge on any atom is 0.0968 e. The highest BCUT2D eigenvalue weighted by Gasteiger charge is 2.37. The number of benzene rings is 1. The second kappa shape index (κ2) is 5.46. The van der Waals surface area contributed by atoms with Crippen LogP contribution in [0.25, 0.3) is 0 Å². The zero-order valence-corrected chi connectivity index (χ0v) is 10.2. The molecule has 1 aliphatic rings. The first-order valence-corrected chi connectivity index (χ1v) is 6.17. The molecule has 16 heavy (non-hydrogen) atoms. The fourth-order valence-electron chi connectivity index (χ4n) is 2.15. The third-order valence-electron chi connectivity index (χ3n) is 3.05. The van der Waals surface area contributed by atoms with Gasteiger partial charge in [-0.1, -0.05) is 43.7 Å². The van der Waals surface area contributed by atoms with E-state index in [9.17, 15) is 0 Å². The molecule has 1 saturated heterocycles. The zero-order chi connectivity index (χ0) is 11.4. The van der Waals surface area contributed by atoms with E-state index >= 15 is 0 Å². The lowest BCUT2D eigenvalue weighted by Gasteiger charge is -2.15. The van der Waals surface area contributed by atoms with Crippen molar-refractivity contribution in [2.24, 2.45) is 0 Å². The third kappa shape index (κ3) is 3.32. The summed E-state index contributed by atoms with van der Waals surface area (Å²) in [6.07, 6.45) is 3.45. The molecule has 2 unspecified atom stereocenters. The lowest BCUT2D eigenvalue weighted by atomic mass is 10.2. The molecule has 0 N–H and O–H groups in total. The molecule has 2 rings (SSSR count). The van der Waals surface area contributed by atoms with E-state index in [0.717, 1.165) is 13.1 Å². The minimum atomic E-state index is 0.480. The highest BCUT2D eigenvalue weighted by Crippen LogP contribution is 2.27. The summed E-state index contributed by atoms with van der Waals surface area (Å²) in [6, 6.07) is 10.6. The highest BCUT2D eigenvalue weighted by molar-refractivity contribution is 5.14. The van der Waals surface area contributed by atoms with Crippen LogP contribution in [-0.2, 0) is 11.3 Å². The molecule has 0 aliphatic carbocycles. The van der Waals surface area contributed by atoms with Crippen molar-refractivity contribution in [2.75, 3.05) is 13.6 Å². The van der Waals surface area contributed by atoms with Crippen molar-refractivity contribution in [1.29, 1.82) is 0 Å². The molecular weight excluding hydrogens is 198 g/mol. The number of hydrogen-bond acceptors (Lipinski definition) is 2. The molecule has 0 aromatic heterocycles. The van der Waals surface area contributed by atoms with Gasteiger partial charge in [0.1, 0.15) is 0 Å². The van der Waals surface area contributed by atoms with Gasteiger partial charge in [-0.3, -0.25) is 4.90 Å². The fraction of sp³-hybridized carbons (Fsp3) is 0.571. The number of epoxide rings is 1. The van der Waals surface area contributed by atoms with Crippen molar-refractivity contribution < 1.29 is 4.74 Å². The molecule has 1 heterocycles. The Bertz CT molecular complexity index is 312. The van der Waals surface area contributed by atoms with Gasteiger partial charge in [0.15, 0.2) is 0 Å². The van der Waals surface area contributed by atoms with E-state index in [2.05, 4.69) is 49.2 Å². The largest absolute Gasteiger partial charge is 0.368 e. The van der Waals surface area contributed by atoms with Crippen LogP contribution < -0.4 is 0 Å². The molecule has 1 fully saturated rings. The van der Waals surface area contributed by atoms with E-state index < -0.39 is 0 Å². The van der Waals surface area contributed by atoms with E-state index in [4.69, 9.17) is 4.74 Å². The van der Waals surface area contributed by atoms with Crippen molar-refractivity contribution in [2.45, 2.75) is 38.5 Å². The van der Waals surface area contributed by atoms with Crippen LogP contribution in [0.5, 0.6) is 0 Å². The summed E-state index contributed by atoms with van der Waals surface area (Å²) >= 11 is 0. The first-order chi connectivity index (χ1) is 7.79. The third-order valence-corrected chi connectivity index (χ3v) is 3.05. The normalized spacial score (nSPS) is 23.7. The Kier molecular flexibility index (Phi) is 3.97. The monoisotopic (exact) mass is 219 g/mol. The summed E-state index contributed by atoms with van der Waals surface area (Å²) in [5.41, 5.74) is 1.37. The molecule has 0 spiro atoms. The Morgan fingerprint density at radius 3 is 2.62 bits per heavy atom. The molecule has 0 amide bonds. The summed E-state index contributed by atoms with van der Waals surface area (Å²) in [4.78, 5) is 2.34. The minimum Gasteiger partial charge on any atom is -0.368 e. The SMILES string of the molecule is CCCC1OC1CN(C)Cc1ccccc1. The molecule has 2 nitrogen and oxygen atoms in total. The summed E-state index contributed by atoms with van der Waals surface area (Å²) in [5, 5.41) is 0. The number of hydrogen-bond donors (Lipinski definition) is 0. The fourth-order valence-corrected chi connectivity index (χ4v) is 2.15. The highest BCUT2D eigenvalue weighted by atomic mass is 16.6. The van der Waals surface area contributed by atoms with Crippen LogP contribution in [0.1, 0.15) is 25.3 Å². The topological polar surface area (TPSA) is 15.8 Å². The number of likely N-dealkylation sites (N-methyl/N-ethyl adjacent to an activating group) is 1. The Hall–Kier alpha value is -0.860. The van der Waals surface area contributed by atoms with Crippen molar-refractivity contribution in [3.63, 3.8) is 0 Å². The molecule has 1 aromatic carbocycles. The van der Waals surface area contributed by atoms with Gasteiger partial charge in [0.2, 0.25) is 0 Å². The van der Waals surface area contributed by atoms with Crippen molar-refractivity contribution >= 4 is 0 Å². The van der Waals surface area contributed by atoms with Crippen molar-refractivity contribution in [1.82, 2.24) is 4.90 Å². The predicted octanol–water partition coefficient (Wildman–Crippen LogP) is 2.69. The molecule has 1 aromatic rings. The van der Waals surface area contributed by atoms with Crippen LogP contribution in [0, 0.1) is 0 Å². The van der Waals surface area contributed by atoms with E-state index in [0.29, 0.717) is 12.2 Å². The smallest absolute Gasteiger partial charge is 0.0968 e. The lowest BCUT2D eigenvalue weighted by molar-refractivity contribution is 0.274. The molecule has 2 heteroatoms. The predicted molar refractivity (Wildman–Crippen MR) is 66.3 cm³/mol. The maximum atomic E-state index is 5.62. The van der Waals surface area contributed by atoms with Gasteiger partial charge in [0, 0.05) is 13.1 Å². The van der Waals surface area contributed by atoms with E-state index in [1.54, 1.807) is 0 Å². The number of nitrogens with zero attached hydrogens (tertiary/aromatic N) is 1. The minimum absolute atomic E-state index is 0.480. The van der Waals surface area contributed by atoms with Crippen molar-refractivity contribution in [3.8, 4) is 0 Å². The summed E-state index contributed by atoms with van der Waals surface area (Å²) in [5.74, 6) is 0. The van der Waals surface area contributed by atoms with Gasteiger partial charge in [0.05, 0.1) is 12.2 Å². The second-order valence-corrected chi connectivity index (χ2v) is 4.68. The van der Waals surface area contributed by atoms with Gasteiger partial charge in [-0.15, -0.1) is 0 Å². The molecule has 1 aliphatic heterocycles. The van der Waals surface area contributed by atoms with Crippen molar-refractivity contribution in [3.05, 3.63) is 35.9 Å². The molecule has 88 valence electrons. The summed E-state index contributed by atoms with van der Waals surface area (Å²) in [6.45, 7) is 4.28. The molecule has 0 saturated carbocycles. The molecule has 0 bridgehead atoms. The Morgan fingerprint density at radius 2 is 1.94 bits per heavy atom. The van der Waals surface area contributed by atoms with Crippen LogP contribution in [0.4, 0.5) is 0 Å². The molecular formula is C14H21NO. The molecule has 2 atom stereocenters. The van der Waals surface area contributed by atoms with Gasteiger partial charge in [-0.25, -0.2) is 0 Å². The standard InChI is InChI=1S/C14H21NO/c1-3-7-13-14(16-13)11-15(2)10-12-8-5-4-6-9-12/h4-6,8-9,13-14H,3,7,10-11H2,1-2H3. The van der Waals surface area contributed by atoms with Gasteiger partial charge < -0.3 is 4.74 Å². The van der Waals surface area contributed by atoms with E-state index in [1.165, 1.54) is 18.4 Å². The van der Waals surface area contributed by atoms with E-state index in [1.807, 2.05) is 0 Å². The van der Waals surface area contributed by atoms with E-state index in [-0.39, 0.29) is 0 Å². The lowest BCUT2D eigenvalue weighted by Crippen LogP contribution is -2.23. The number of rotatable bonds is 6. The average Bonchev–Trinajstić information content (AvgIpc) is 2.98. The Morgan fingerprint density at radius 1 is 1.19 bits per heavy atom. The van der Waals surface area contributed by atoms with Gasteiger partial charge in [-0.2, -0.15) is 0 Å². The second-order valence-electron chi connectivity index (χ2n) is 4.68. The Labute approximate surface area is 98.2 Å². The van der Waals surface area contributed by atoms with Crippen LogP contribution >= 0.6 is 0 Å². The first kappa shape index (κ1) is 11.6. The summed E-state index contributed by atoms with van der Waals surface area (Å²) in [7, 11) is 2.16. The summed E-state index contributed by atoms with van der Waals surface area (Å²) < 4.78 is 5.62. The quantitative estimate of drug-likeness (QED) is 0.684. The van der Waals surface area contributed by atoms with Crippen LogP contribution in [0.2, 0.25) is 0 Å². The van der Waals surface area contributed by atoms with Crippen LogP contribution in [-0.4, -0.2) is 30.7 Å². The van der Waals surface area contributed by atoms with Crippen LogP contribution in [0.3, 0.4) is 0 Å². The Balaban J connectivity index is 1.71. The average molecular weight is 219 g/mol. The molecule has 0 radical (unpaired) electrons. The maximum absolute atomic E-state index is 5.62. The van der Waals surface area contributed by atoms with Gasteiger partial charge in [0.25, 0.3) is 0 Å². The van der Waals surface area contributed by atoms with Crippen LogP contribution in [0.15, 0.2) is 30.3 Å². The zero-order valence-electron chi connectivity index (χ0n) is 10.2. The number of ether oxygens (including phenoxy) is 1. The van der Waals surface area contributed by atoms with Gasteiger partial charge >= 0.3 is 0 Å². The van der Waals surface area contributed by atoms with Gasteiger partial charge in [-0.05, 0) is 19.0 Å².